The Labute approximate surface area is 113 Å². The molecule has 0 aliphatic carbocycles. The number of methoxy groups -OCH3 is 1. The predicted molar refractivity (Wildman–Crippen MR) is 74.2 cm³/mol. The smallest absolute Gasteiger partial charge is 0.253 e. The monoisotopic (exact) mass is 261 g/mol. The lowest BCUT2D eigenvalue weighted by atomic mass is 10.0. The van der Waals surface area contributed by atoms with Crippen LogP contribution in [0, 0.1) is 18.3 Å². The van der Waals surface area contributed by atoms with E-state index in [1.54, 1.807) is 26.3 Å². The number of benzene rings is 1. The zero-order valence-corrected chi connectivity index (χ0v) is 11.7. The summed E-state index contributed by atoms with van der Waals surface area (Å²) in [5.74, 6) is -0.214. The molecule has 0 spiro atoms. The molecule has 1 aromatic carbocycles. The van der Waals surface area contributed by atoms with Crippen LogP contribution in [0.1, 0.15) is 28.4 Å². The Bertz CT molecular complexity index is 506. The second kappa shape index (κ2) is 6.76. The molecular weight excluding hydrogens is 242 g/mol. The average Bonchev–Trinajstić information content (AvgIpc) is 2.37. The number of anilines is 1. The zero-order chi connectivity index (χ0) is 14.4. The van der Waals surface area contributed by atoms with E-state index in [0.717, 1.165) is 11.3 Å². The standard InChI is InChI=1S/C14H19N3O2/c1-9-5-11(7-15)6-12(13(9)16-3)14(18)17-10(2)8-19-4/h5-6,10,16H,8H2,1-4H3,(H,17,18). The number of nitriles is 1. The third-order valence-electron chi connectivity index (χ3n) is 2.75. The predicted octanol–water partition coefficient (Wildman–Crippen LogP) is 1.67. The van der Waals surface area contributed by atoms with Crippen LogP contribution in [0.15, 0.2) is 12.1 Å². The number of carbonyl (C=O) groups excluding carboxylic acids is 1. The molecule has 1 aromatic rings. The molecule has 5 heteroatoms. The third-order valence-corrected chi connectivity index (χ3v) is 2.75. The minimum absolute atomic E-state index is 0.0896. The van der Waals surface area contributed by atoms with Gasteiger partial charge in [-0.15, -0.1) is 0 Å². The Kier molecular flexibility index (Phi) is 5.34. The van der Waals surface area contributed by atoms with E-state index in [2.05, 4.69) is 16.7 Å². The van der Waals surface area contributed by atoms with Gasteiger partial charge in [0, 0.05) is 25.9 Å². The molecule has 0 fully saturated rings. The summed E-state index contributed by atoms with van der Waals surface area (Å²) in [4.78, 5) is 12.2. The Morgan fingerprint density at radius 2 is 2.21 bits per heavy atom. The van der Waals surface area contributed by atoms with Gasteiger partial charge in [-0.05, 0) is 31.5 Å². The number of carbonyl (C=O) groups is 1. The summed E-state index contributed by atoms with van der Waals surface area (Å²) in [7, 11) is 3.34. The zero-order valence-electron chi connectivity index (χ0n) is 11.7. The fraction of sp³-hybridized carbons (Fsp3) is 0.429. The van der Waals surface area contributed by atoms with Crippen molar-refractivity contribution in [3.05, 3.63) is 28.8 Å². The largest absolute Gasteiger partial charge is 0.387 e. The maximum Gasteiger partial charge on any atom is 0.253 e. The lowest BCUT2D eigenvalue weighted by Crippen LogP contribution is -2.36. The van der Waals surface area contributed by atoms with Crippen LogP contribution in [-0.2, 0) is 4.74 Å². The van der Waals surface area contributed by atoms with Gasteiger partial charge in [-0.2, -0.15) is 5.26 Å². The fourth-order valence-corrected chi connectivity index (χ4v) is 1.96. The van der Waals surface area contributed by atoms with Gasteiger partial charge in [0.2, 0.25) is 0 Å². The number of nitrogens with zero attached hydrogens (tertiary/aromatic N) is 1. The van der Waals surface area contributed by atoms with E-state index in [1.807, 2.05) is 13.8 Å². The van der Waals surface area contributed by atoms with Gasteiger partial charge in [-0.1, -0.05) is 0 Å². The van der Waals surface area contributed by atoms with E-state index in [0.29, 0.717) is 17.7 Å². The van der Waals surface area contributed by atoms with E-state index in [4.69, 9.17) is 10.00 Å². The maximum absolute atomic E-state index is 12.2. The minimum atomic E-state index is -0.214. The van der Waals surface area contributed by atoms with Crippen molar-refractivity contribution in [2.45, 2.75) is 19.9 Å². The van der Waals surface area contributed by atoms with Crippen molar-refractivity contribution in [3.63, 3.8) is 0 Å². The molecule has 0 aliphatic rings. The van der Waals surface area contributed by atoms with Crippen molar-refractivity contribution in [1.29, 1.82) is 5.26 Å². The number of aryl methyl sites for hydroxylation is 1. The molecular formula is C14H19N3O2. The highest BCUT2D eigenvalue weighted by atomic mass is 16.5. The molecule has 0 aliphatic heterocycles. The van der Waals surface area contributed by atoms with Crippen LogP contribution in [0.2, 0.25) is 0 Å². The molecule has 102 valence electrons. The third kappa shape index (κ3) is 3.70. The summed E-state index contributed by atoms with van der Waals surface area (Å²) in [6.07, 6.45) is 0. The summed E-state index contributed by atoms with van der Waals surface area (Å²) in [6, 6.07) is 5.31. The molecule has 0 aromatic heterocycles. The number of rotatable bonds is 5. The Morgan fingerprint density at radius 1 is 1.53 bits per heavy atom. The van der Waals surface area contributed by atoms with Crippen LogP contribution in [0.5, 0.6) is 0 Å². The van der Waals surface area contributed by atoms with E-state index < -0.39 is 0 Å². The topological polar surface area (TPSA) is 74.2 Å². The van der Waals surface area contributed by atoms with Crippen molar-refractivity contribution in [2.24, 2.45) is 0 Å². The first-order valence-electron chi connectivity index (χ1n) is 6.05. The van der Waals surface area contributed by atoms with Gasteiger partial charge in [0.15, 0.2) is 0 Å². The fourth-order valence-electron chi connectivity index (χ4n) is 1.96. The van der Waals surface area contributed by atoms with Crippen LogP contribution < -0.4 is 10.6 Å². The van der Waals surface area contributed by atoms with E-state index >= 15 is 0 Å². The summed E-state index contributed by atoms with van der Waals surface area (Å²) in [6.45, 7) is 4.17. The summed E-state index contributed by atoms with van der Waals surface area (Å²) in [5, 5.41) is 14.8. The molecule has 1 amide bonds. The maximum atomic E-state index is 12.2. The van der Waals surface area contributed by atoms with Crippen molar-refractivity contribution >= 4 is 11.6 Å². The van der Waals surface area contributed by atoms with E-state index in [-0.39, 0.29) is 11.9 Å². The van der Waals surface area contributed by atoms with Crippen LogP contribution in [0.3, 0.4) is 0 Å². The molecule has 0 saturated heterocycles. The lowest BCUT2D eigenvalue weighted by molar-refractivity contribution is 0.0906. The van der Waals surface area contributed by atoms with Gasteiger partial charge in [0.05, 0.1) is 23.8 Å². The number of amides is 1. The summed E-state index contributed by atoms with van der Waals surface area (Å²) >= 11 is 0. The van der Waals surface area contributed by atoms with Gasteiger partial charge in [-0.25, -0.2) is 0 Å². The van der Waals surface area contributed by atoms with Crippen LogP contribution in [0.25, 0.3) is 0 Å². The Morgan fingerprint density at radius 3 is 2.74 bits per heavy atom. The number of hydrogen-bond acceptors (Lipinski definition) is 4. The Hall–Kier alpha value is -2.06. The molecule has 0 bridgehead atoms. The molecule has 1 unspecified atom stereocenters. The molecule has 5 nitrogen and oxygen atoms in total. The number of hydrogen-bond donors (Lipinski definition) is 2. The molecule has 0 saturated carbocycles. The Balaban J connectivity index is 3.07. The van der Waals surface area contributed by atoms with Gasteiger partial charge >= 0.3 is 0 Å². The lowest BCUT2D eigenvalue weighted by Gasteiger charge is -2.16. The first-order chi connectivity index (χ1) is 9.03. The summed E-state index contributed by atoms with van der Waals surface area (Å²) in [5.41, 5.74) is 2.55. The van der Waals surface area contributed by atoms with Gasteiger partial charge < -0.3 is 15.4 Å². The van der Waals surface area contributed by atoms with E-state index in [9.17, 15) is 4.79 Å². The van der Waals surface area contributed by atoms with Crippen LogP contribution in [0.4, 0.5) is 5.69 Å². The molecule has 2 N–H and O–H groups in total. The molecule has 19 heavy (non-hydrogen) atoms. The normalized spacial score (nSPS) is 11.5. The van der Waals surface area contributed by atoms with Gasteiger partial charge in [0.25, 0.3) is 5.91 Å². The molecule has 0 heterocycles. The second-order valence-electron chi connectivity index (χ2n) is 4.41. The van der Waals surface area contributed by atoms with Crippen molar-refractivity contribution in [3.8, 4) is 6.07 Å². The quantitative estimate of drug-likeness (QED) is 0.845. The van der Waals surface area contributed by atoms with Crippen molar-refractivity contribution in [2.75, 3.05) is 26.1 Å². The van der Waals surface area contributed by atoms with E-state index in [1.165, 1.54) is 0 Å². The number of ether oxygens (including phenoxy) is 1. The minimum Gasteiger partial charge on any atom is -0.387 e. The first kappa shape index (κ1) is 15.0. The SMILES string of the molecule is CNc1c(C)cc(C#N)cc1C(=O)NC(C)COC. The highest BCUT2D eigenvalue weighted by molar-refractivity contribution is 6.00. The molecule has 1 atom stereocenters. The summed E-state index contributed by atoms with van der Waals surface area (Å²) < 4.78 is 4.98. The van der Waals surface area contributed by atoms with Gasteiger partial charge in [0.1, 0.15) is 0 Å². The second-order valence-corrected chi connectivity index (χ2v) is 4.41. The van der Waals surface area contributed by atoms with Crippen LogP contribution in [-0.4, -0.2) is 32.7 Å². The highest BCUT2D eigenvalue weighted by Gasteiger charge is 2.16. The van der Waals surface area contributed by atoms with Crippen LogP contribution >= 0.6 is 0 Å². The van der Waals surface area contributed by atoms with Crippen molar-refractivity contribution in [1.82, 2.24) is 5.32 Å². The van der Waals surface area contributed by atoms with Crippen molar-refractivity contribution < 1.29 is 9.53 Å². The van der Waals surface area contributed by atoms with Gasteiger partial charge in [-0.3, -0.25) is 4.79 Å². The molecule has 0 radical (unpaired) electrons. The average molecular weight is 261 g/mol. The first-order valence-corrected chi connectivity index (χ1v) is 6.05. The number of nitrogens with one attached hydrogen (secondary N) is 2. The molecule has 1 rings (SSSR count). The highest BCUT2D eigenvalue weighted by Crippen LogP contribution is 2.22.